The zero-order valence-corrected chi connectivity index (χ0v) is 43.6. The van der Waals surface area contributed by atoms with E-state index in [9.17, 15) is 0 Å². The SMILES string of the molecule is C1=C(N(c2ccccc2)c2ccccc2)C=C2C3B(c4cc5c(cc4N2c2ccccc2)N(c2ccccc2)c2cc(N(c4ccccc4)c4ccccc4)cc4c2B5c2ccccc2O4)c2ccccc2N(c2ccccc2)N13. The summed E-state index contributed by atoms with van der Waals surface area (Å²) in [6.07, 6.45) is 4.84. The lowest BCUT2D eigenvalue weighted by atomic mass is 9.30. The number of hydrogen-bond donors (Lipinski definition) is 0. The van der Waals surface area contributed by atoms with E-state index in [0.717, 1.165) is 96.4 Å². The Bertz CT molecular complexity index is 4130. The van der Waals surface area contributed by atoms with Crippen molar-refractivity contribution < 1.29 is 4.74 Å². The Labute approximate surface area is 467 Å². The van der Waals surface area contributed by atoms with Gasteiger partial charge in [-0.2, -0.15) is 0 Å². The summed E-state index contributed by atoms with van der Waals surface area (Å²) in [5.41, 5.74) is 21.2. The third-order valence-corrected chi connectivity index (χ3v) is 16.4. The van der Waals surface area contributed by atoms with Crippen LogP contribution in [-0.4, -0.2) is 24.4 Å². The lowest BCUT2D eigenvalue weighted by Gasteiger charge is -2.56. The zero-order chi connectivity index (χ0) is 52.7. The number of hydrazine groups is 1. The van der Waals surface area contributed by atoms with Gasteiger partial charge in [-0.05, 0) is 143 Å². The topological polar surface area (TPSA) is 28.7 Å². The van der Waals surface area contributed by atoms with Crippen molar-refractivity contribution in [3.63, 3.8) is 0 Å². The molecule has 80 heavy (non-hydrogen) atoms. The number of ether oxygens (including phenoxy) is 1. The fourth-order valence-electron chi connectivity index (χ4n) is 13.2. The molecule has 0 saturated carbocycles. The van der Waals surface area contributed by atoms with E-state index >= 15 is 0 Å². The molecular weight excluding hydrogens is 974 g/mol. The molecule has 7 nitrogen and oxygen atoms in total. The normalized spacial score (nSPS) is 15.0. The minimum Gasteiger partial charge on any atom is -0.458 e. The predicted molar refractivity (Wildman–Crippen MR) is 332 cm³/mol. The molecule has 5 aliphatic heterocycles. The largest absolute Gasteiger partial charge is 0.458 e. The van der Waals surface area contributed by atoms with E-state index < -0.39 is 0 Å². The van der Waals surface area contributed by atoms with Crippen LogP contribution in [0.1, 0.15) is 0 Å². The molecule has 11 aromatic rings. The molecule has 0 fully saturated rings. The van der Waals surface area contributed by atoms with Crippen molar-refractivity contribution in [1.82, 2.24) is 5.01 Å². The number of anilines is 12. The summed E-state index contributed by atoms with van der Waals surface area (Å²) in [7, 11) is 0. The van der Waals surface area contributed by atoms with Crippen LogP contribution in [0.2, 0.25) is 0 Å². The minimum atomic E-state index is -0.170. The molecule has 5 aliphatic rings. The van der Waals surface area contributed by atoms with Crippen molar-refractivity contribution >= 4 is 109 Å². The molecule has 9 heteroatoms. The van der Waals surface area contributed by atoms with Crippen LogP contribution in [0, 0.1) is 0 Å². The Balaban J connectivity index is 1.00. The molecule has 0 spiro atoms. The van der Waals surface area contributed by atoms with Crippen molar-refractivity contribution in [2.45, 2.75) is 5.94 Å². The first kappa shape index (κ1) is 45.8. The predicted octanol–water partition coefficient (Wildman–Crippen LogP) is 14.2. The molecular formula is C71H50B2N6O. The Morgan fingerprint density at radius 1 is 0.350 bits per heavy atom. The van der Waals surface area contributed by atoms with Gasteiger partial charge in [0, 0.05) is 69.1 Å². The number of nitrogens with zero attached hydrogens (tertiary/aromatic N) is 6. The highest BCUT2D eigenvalue weighted by Gasteiger charge is 2.53. The summed E-state index contributed by atoms with van der Waals surface area (Å²) in [6, 6.07) is 103. The standard InChI is InChI=1S/C71H50B2N6O/c1-8-26-50(27-9-1)75(51-28-10-2-11-29-51)57-44-66-70-69(46-57)80-68-43-25-23-41-60(68)72(70)61-47-62-65(48-64(61)77(66)54-34-16-5-17-35-54)78(55-36-18-6-19-37-55)67-45-58(76(52-30-12-3-13-31-52)53-32-14-4-15-33-53)49-74-71(67)73(62)59-40-22-24-42-63(59)79(74)56-38-20-7-21-39-56/h1-49,71H. The number of hydrogen-bond acceptors (Lipinski definition) is 7. The van der Waals surface area contributed by atoms with Gasteiger partial charge in [-0.15, -0.1) is 0 Å². The molecule has 0 bridgehead atoms. The van der Waals surface area contributed by atoms with E-state index in [2.05, 4.69) is 327 Å². The number of para-hydroxylation sites is 9. The third kappa shape index (κ3) is 7.24. The van der Waals surface area contributed by atoms with Crippen LogP contribution in [0.3, 0.4) is 0 Å². The molecule has 1 atom stereocenters. The number of rotatable bonds is 9. The summed E-state index contributed by atoms with van der Waals surface area (Å²) in [5, 5.41) is 4.98. The maximum absolute atomic E-state index is 7.21. The number of allylic oxidation sites excluding steroid dienone is 1. The second-order valence-corrected chi connectivity index (χ2v) is 20.9. The first-order chi connectivity index (χ1) is 39.7. The van der Waals surface area contributed by atoms with Crippen LogP contribution in [0.25, 0.3) is 0 Å². The van der Waals surface area contributed by atoms with Crippen LogP contribution in [-0.2, 0) is 0 Å². The van der Waals surface area contributed by atoms with Crippen molar-refractivity contribution in [3.05, 3.63) is 309 Å². The Kier molecular flexibility index (Phi) is 10.7. The molecule has 0 radical (unpaired) electrons. The first-order valence-electron chi connectivity index (χ1n) is 27.5. The second kappa shape index (κ2) is 18.7. The van der Waals surface area contributed by atoms with Crippen LogP contribution in [0.4, 0.5) is 68.2 Å². The highest BCUT2D eigenvalue weighted by molar-refractivity contribution is 7.00. The second-order valence-electron chi connectivity index (χ2n) is 20.9. The van der Waals surface area contributed by atoms with E-state index in [0.29, 0.717) is 0 Å². The fourth-order valence-corrected chi connectivity index (χ4v) is 13.2. The minimum absolute atomic E-state index is 0.0915. The molecule has 0 saturated heterocycles. The Morgan fingerprint density at radius 2 is 0.838 bits per heavy atom. The van der Waals surface area contributed by atoms with Crippen LogP contribution in [0.15, 0.2) is 309 Å². The number of benzene rings is 11. The maximum atomic E-state index is 7.21. The lowest BCUT2D eigenvalue weighted by Crippen LogP contribution is -2.71. The van der Waals surface area contributed by atoms with Gasteiger partial charge in [-0.3, -0.25) is 10.0 Å². The molecule has 0 N–H and O–H groups in total. The summed E-state index contributed by atoms with van der Waals surface area (Å²) in [5.74, 6) is 1.54. The van der Waals surface area contributed by atoms with Crippen molar-refractivity contribution in [2.75, 3.05) is 24.6 Å². The van der Waals surface area contributed by atoms with Crippen molar-refractivity contribution in [3.8, 4) is 11.5 Å². The molecule has 11 aromatic carbocycles. The number of fused-ring (bicyclic) bond motifs is 8. The van der Waals surface area contributed by atoms with Crippen molar-refractivity contribution in [1.29, 1.82) is 0 Å². The van der Waals surface area contributed by atoms with Crippen LogP contribution >= 0.6 is 0 Å². The van der Waals surface area contributed by atoms with E-state index in [1.54, 1.807) is 0 Å². The maximum Gasteiger partial charge on any atom is 0.256 e. The highest BCUT2D eigenvalue weighted by Crippen LogP contribution is 2.50. The van der Waals surface area contributed by atoms with Gasteiger partial charge in [-0.1, -0.05) is 170 Å². The highest BCUT2D eigenvalue weighted by atomic mass is 16.5. The molecule has 376 valence electrons. The zero-order valence-electron chi connectivity index (χ0n) is 43.6. The quantitative estimate of drug-likeness (QED) is 0.133. The summed E-state index contributed by atoms with van der Waals surface area (Å²) in [6.45, 7) is -0.242. The van der Waals surface area contributed by atoms with Gasteiger partial charge in [0.25, 0.3) is 6.71 Å². The van der Waals surface area contributed by atoms with Crippen LogP contribution in [0.5, 0.6) is 11.5 Å². The van der Waals surface area contributed by atoms with Gasteiger partial charge in [0.2, 0.25) is 6.71 Å². The van der Waals surface area contributed by atoms with Crippen molar-refractivity contribution in [2.24, 2.45) is 0 Å². The van der Waals surface area contributed by atoms with E-state index in [1.807, 2.05) is 0 Å². The van der Waals surface area contributed by atoms with Gasteiger partial charge in [0.1, 0.15) is 11.5 Å². The molecule has 5 heterocycles. The third-order valence-electron chi connectivity index (χ3n) is 16.4. The Morgan fingerprint density at radius 3 is 1.44 bits per heavy atom. The summed E-state index contributed by atoms with van der Waals surface area (Å²) in [4.78, 5) is 9.80. The van der Waals surface area contributed by atoms with Gasteiger partial charge >= 0.3 is 0 Å². The lowest BCUT2D eigenvalue weighted by molar-refractivity contribution is 0.361. The average molecular weight is 1020 g/mol. The summed E-state index contributed by atoms with van der Waals surface area (Å²) < 4.78 is 7.21. The average Bonchev–Trinajstić information content (AvgIpc) is 3.64. The van der Waals surface area contributed by atoms with E-state index in [1.165, 1.54) is 22.1 Å². The first-order valence-corrected chi connectivity index (χ1v) is 27.5. The molecule has 16 rings (SSSR count). The molecule has 0 aromatic heterocycles. The fraction of sp³-hybridized carbons (Fsp3) is 0.0141. The van der Waals surface area contributed by atoms with Gasteiger partial charge in [0.05, 0.1) is 28.7 Å². The van der Waals surface area contributed by atoms with Crippen LogP contribution < -0.4 is 56.7 Å². The van der Waals surface area contributed by atoms with E-state index in [4.69, 9.17) is 4.74 Å². The van der Waals surface area contributed by atoms with E-state index in [-0.39, 0.29) is 19.4 Å². The summed E-state index contributed by atoms with van der Waals surface area (Å²) >= 11 is 0. The smallest absolute Gasteiger partial charge is 0.256 e. The molecule has 0 aliphatic carbocycles. The van der Waals surface area contributed by atoms with Gasteiger partial charge < -0.3 is 24.3 Å². The molecule has 1 unspecified atom stereocenters. The van der Waals surface area contributed by atoms with Gasteiger partial charge in [0.15, 0.2) is 0 Å². The molecule has 0 amide bonds. The monoisotopic (exact) mass is 1020 g/mol. The Hall–Kier alpha value is -10.4. The van der Waals surface area contributed by atoms with Gasteiger partial charge in [-0.25, -0.2) is 0 Å².